The molecule has 0 amide bonds. The van der Waals surface area contributed by atoms with Crippen molar-refractivity contribution in [2.24, 2.45) is 0 Å². The molecule has 0 aliphatic rings. The quantitative estimate of drug-likeness (QED) is 0.468. The van der Waals surface area contributed by atoms with Crippen LogP contribution in [0.5, 0.6) is 0 Å². The summed E-state index contributed by atoms with van der Waals surface area (Å²) in [6.45, 7) is 0.488. The molecule has 0 fully saturated rings. The van der Waals surface area contributed by atoms with E-state index in [0.717, 1.165) is 5.56 Å². The van der Waals surface area contributed by atoms with Crippen molar-refractivity contribution >= 4 is 11.4 Å². The number of nitrogens with zero attached hydrogens (tertiary/aromatic N) is 4. The van der Waals surface area contributed by atoms with Crippen LogP contribution in [-0.4, -0.2) is 19.7 Å². The molecule has 2 N–H and O–H groups in total. The van der Waals surface area contributed by atoms with Crippen LogP contribution in [-0.2, 0) is 6.54 Å². The summed E-state index contributed by atoms with van der Waals surface area (Å²) in [5.41, 5.74) is 6.48. The van der Waals surface area contributed by atoms with E-state index >= 15 is 0 Å². The Morgan fingerprint density at radius 1 is 1.50 bits per heavy atom. The zero-order valence-electron chi connectivity index (χ0n) is 8.28. The van der Waals surface area contributed by atoms with E-state index in [9.17, 15) is 10.1 Å². The van der Waals surface area contributed by atoms with Crippen molar-refractivity contribution in [3.63, 3.8) is 0 Å². The van der Waals surface area contributed by atoms with E-state index in [1.165, 1.54) is 12.4 Å². The van der Waals surface area contributed by atoms with Crippen LogP contribution >= 0.6 is 0 Å². The fourth-order valence-electron chi connectivity index (χ4n) is 1.37. The highest BCUT2D eigenvalue weighted by Gasteiger charge is 2.11. The van der Waals surface area contributed by atoms with E-state index in [2.05, 4.69) is 10.1 Å². The van der Waals surface area contributed by atoms with Crippen molar-refractivity contribution in [3.8, 4) is 0 Å². The molecule has 2 rings (SSSR count). The summed E-state index contributed by atoms with van der Waals surface area (Å²) in [6.07, 6.45) is 2.99. The maximum absolute atomic E-state index is 10.5. The van der Waals surface area contributed by atoms with Crippen LogP contribution in [0.25, 0.3) is 0 Å². The van der Waals surface area contributed by atoms with Gasteiger partial charge in [0.25, 0.3) is 5.69 Å². The van der Waals surface area contributed by atoms with Crippen molar-refractivity contribution in [1.82, 2.24) is 14.8 Å². The minimum absolute atomic E-state index is 0.0812. The van der Waals surface area contributed by atoms with Crippen molar-refractivity contribution < 1.29 is 4.92 Å². The Hall–Kier alpha value is -2.44. The Morgan fingerprint density at radius 2 is 2.31 bits per heavy atom. The normalized spacial score (nSPS) is 10.2. The summed E-state index contributed by atoms with van der Waals surface area (Å²) >= 11 is 0. The number of benzene rings is 1. The lowest BCUT2D eigenvalue weighted by Gasteiger charge is -2.02. The number of aromatic nitrogens is 3. The first kappa shape index (κ1) is 10.1. The summed E-state index contributed by atoms with van der Waals surface area (Å²) in [7, 11) is 0. The van der Waals surface area contributed by atoms with Gasteiger partial charge in [0, 0.05) is 6.07 Å². The van der Waals surface area contributed by atoms with Gasteiger partial charge in [-0.05, 0) is 11.6 Å². The predicted octanol–water partition coefficient (Wildman–Crippen LogP) is 0.817. The molecule has 7 heteroatoms. The minimum Gasteiger partial charge on any atom is -0.393 e. The Morgan fingerprint density at radius 3 is 2.88 bits per heavy atom. The molecule has 1 aromatic heterocycles. The highest BCUT2D eigenvalue weighted by atomic mass is 16.6. The topological polar surface area (TPSA) is 99.9 Å². The van der Waals surface area contributed by atoms with E-state index in [-0.39, 0.29) is 11.4 Å². The number of hydrogen-bond acceptors (Lipinski definition) is 5. The Bertz CT molecular complexity index is 509. The van der Waals surface area contributed by atoms with E-state index in [0.29, 0.717) is 6.54 Å². The number of anilines is 1. The van der Waals surface area contributed by atoms with Gasteiger partial charge in [-0.15, -0.1) is 0 Å². The molecule has 2 aromatic rings. The van der Waals surface area contributed by atoms with Crippen molar-refractivity contribution in [2.45, 2.75) is 6.54 Å². The Labute approximate surface area is 90.7 Å². The number of hydrogen-bond donors (Lipinski definition) is 1. The molecule has 82 valence electrons. The molecular formula is C9H9N5O2. The third-order valence-corrected chi connectivity index (χ3v) is 2.10. The standard InChI is InChI=1S/C9H9N5O2/c10-8-3-7(1-2-9(8)14(15)16)4-13-6-11-5-12-13/h1-3,5-6H,4,10H2. The highest BCUT2D eigenvalue weighted by Crippen LogP contribution is 2.22. The predicted molar refractivity (Wildman–Crippen MR) is 56.6 cm³/mol. The second-order valence-corrected chi connectivity index (χ2v) is 3.24. The van der Waals surface area contributed by atoms with Gasteiger partial charge in [0.1, 0.15) is 18.3 Å². The van der Waals surface area contributed by atoms with Crippen LogP contribution < -0.4 is 5.73 Å². The first-order valence-corrected chi connectivity index (χ1v) is 4.52. The molecule has 0 unspecified atom stereocenters. The number of nitro benzene ring substituents is 1. The SMILES string of the molecule is Nc1cc(Cn2cncn2)ccc1[N+](=O)[O-]. The summed E-state index contributed by atoms with van der Waals surface area (Å²) in [5.74, 6) is 0. The molecule has 0 spiro atoms. The van der Waals surface area contributed by atoms with Gasteiger partial charge in [-0.3, -0.25) is 10.1 Å². The fourth-order valence-corrected chi connectivity index (χ4v) is 1.37. The van der Waals surface area contributed by atoms with Crippen LogP contribution in [0.15, 0.2) is 30.9 Å². The summed E-state index contributed by atoms with van der Waals surface area (Å²) < 4.78 is 1.61. The van der Waals surface area contributed by atoms with Gasteiger partial charge in [0.15, 0.2) is 0 Å². The van der Waals surface area contributed by atoms with E-state index < -0.39 is 4.92 Å². The van der Waals surface area contributed by atoms with Gasteiger partial charge in [-0.2, -0.15) is 5.10 Å². The fraction of sp³-hybridized carbons (Fsp3) is 0.111. The molecule has 0 saturated carbocycles. The number of rotatable bonds is 3. The molecule has 0 aliphatic carbocycles. The maximum atomic E-state index is 10.5. The average Bonchev–Trinajstić information content (AvgIpc) is 2.70. The van der Waals surface area contributed by atoms with Crippen LogP contribution in [0, 0.1) is 10.1 Å². The first-order valence-electron chi connectivity index (χ1n) is 4.52. The van der Waals surface area contributed by atoms with E-state index in [1.807, 2.05) is 0 Å². The second kappa shape index (κ2) is 3.97. The lowest BCUT2D eigenvalue weighted by molar-refractivity contribution is -0.383. The Kier molecular flexibility index (Phi) is 2.50. The van der Waals surface area contributed by atoms with Crippen LogP contribution in [0.3, 0.4) is 0 Å². The molecule has 0 bridgehead atoms. The molecular weight excluding hydrogens is 210 g/mol. The summed E-state index contributed by atoms with van der Waals surface area (Å²) in [4.78, 5) is 13.8. The Balaban J connectivity index is 2.24. The zero-order valence-corrected chi connectivity index (χ0v) is 8.28. The van der Waals surface area contributed by atoms with Gasteiger partial charge in [0.05, 0.1) is 11.5 Å². The molecule has 0 aliphatic heterocycles. The lowest BCUT2D eigenvalue weighted by Crippen LogP contribution is -2.02. The molecule has 0 saturated heterocycles. The number of nitro groups is 1. The monoisotopic (exact) mass is 219 g/mol. The van der Waals surface area contributed by atoms with Gasteiger partial charge < -0.3 is 5.73 Å². The van der Waals surface area contributed by atoms with E-state index in [1.54, 1.807) is 23.1 Å². The molecule has 0 radical (unpaired) electrons. The molecule has 0 atom stereocenters. The lowest BCUT2D eigenvalue weighted by atomic mass is 10.2. The largest absolute Gasteiger partial charge is 0.393 e. The summed E-state index contributed by atoms with van der Waals surface area (Å²) in [6, 6.07) is 4.61. The molecule has 16 heavy (non-hydrogen) atoms. The van der Waals surface area contributed by atoms with Gasteiger partial charge in [-0.25, -0.2) is 9.67 Å². The van der Waals surface area contributed by atoms with Gasteiger partial charge in [-0.1, -0.05) is 6.07 Å². The molecule has 1 heterocycles. The third-order valence-electron chi connectivity index (χ3n) is 2.10. The maximum Gasteiger partial charge on any atom is 0.292 e. The summed E-state index contributed by atoms with van der Waals surface area (Å²) in [5, 5.41) is 14.5. The molecule has 1 aromatic carbocycles. The second-order valence-electron chi connectivity index (χ2n) is 3.24. The first-order chi connectivity index (χ1) is 7.66. The number of nitrogen functional groups attached to an aromatic ring is 1. The number of nitrogens with two attached hydrogens (primary N) is 1. The van der Waals surface area contributed by atoms with Gasteiger partial charge >= 0.3 is 0 Å². The highest BCUT2D eigenvalue weighted by molar-refractivity contribution is 5.59. The smallest absolute Gasteiger partial charge is 0.292 e. The van der Waals surface area contributed by atoms with E-state index in [4.69, 9.17) is 5.73 Å². The van der Waals surface area contributed by atoms with Crippen LogP contribution in [0.2, 0.25) is 0 Å². The van der Waals surface area contributed by atoms with Crippen molar-refractivity contribution in [2.75, 3.05) is 5.73 Å². The van der Waals surface area contributed by atoms with Crippen LogP contribution in [0.1, 0.15) is 5.56 Å². The zero-order chi connectivity index (χ0) is 11.5. The van der Waals surface area contributed by atoms with Gasteiger partial charge in [0.2, 0.25) is 0 Å². The molecule has 7 nitrogen and oxygen atoms in total. The third kappa shape index (κ3) is 1.97. The van der Waals surface area contributed by atoms with Crippen molar-refractivity contribution in [3.05, 3.63) is 46.5 Å². The minimum atomic E-state index is -0.505. The average molecular weight is 219 g/mol. The van der Waals surface area contributed by atoms with Crippen molar-refractivity contribution in [1.29, 1.82) is 0 Å². The van der Waals surface area contributed by atoms with Crippen LogP contribution in [0.4, 0.5) is 11.4 Å².